The molecule has 1 aromatic carbocycles. The van der Waals surface area contributed by atoms with Crippen LogP contribution in [0.4, 0.5) is 19.0 Å². The number of aromatic nitrogens is 5. The van der Waals surface area contributed by atoms with Crippen molar-refractivity contribution >= 4 is 34.2 Å². The van der Waals surface area contributed by atoms with Crippen LogP contribution in [0.2, 0.25) is 0 Å². The number of pyridine rings is 1. The summed E-state index contributed by atoms with van der Waals surface area (Å²) in [6, 6.07) is 6.10. The molecule has 2 amide bonds. The first-order chi connectivity index (χ1) is 22.7. The van der Waals surface area contributed by atoms with Gasteiger partial charge in [-0.25, -0.2) is 14.5 Å². The second-order valence-electron chi connectivity index (χ2n) is 12.5. The van der Waals surface area contributed by atoms with Crippen molar-refractivity contribution in [2.24, 2.45) is 5.92 Å². The third-order valence-electron chi connectivity index (χ3n) is 8.88. The summed E-state index contributed by atoms with van der Waals surface area (Å²) in [5.41, 5.74) is 4.59. The van der Waals surface area contributed by atoms with Gasteiger partial charge in [0.05, 0.1) is 23.4 Å². The van der Waals surface area contributed by atoms with Crippen LogP contribution in [-0.4, -0.2) is 58.1 Å². The summed E-state index contributed by atoms with van der Waals surface area (Å²) in [7, 11) is 0. The van der Waals surface area contributed by atoms with Gasteiger partial charge < -0.3 is 19.9 Å². The molecule has 1 aliphatic rings. The third-order valence-corrected chi connectivity index (χ3v) is 8.88. The molecule has 1 aliphatic heterocycles. The van der Waals surface area contributed by atoms with E-state index in [1.54, 1.807) is 28.4 Å². The number of anilines is 1. The van der Waals surface area contributed by atoms with Gasteiger partial charge in [-0.2, -0.15) is 18.3 Å². The number of nitrogens with one attached hydrogen (secondary N) is 1. The first kappa shape index (κ1) is 32.7. The van der Waals surface area contributed by atoms with Crippen LogP contribution in [0.1, 0.15) is 54.5 Å². The molecule has 5 heterocycles. The molecule has 5 aromatic rings. The van der Waals surface area contributed by atoms with Crippen LogP contribution in [0, 0.1) is 39.0 Å². The SMILES string of the molecule is C#C[C@@H]1[C@@H](C)C[C@@H](C(=O)Nc2nc(C(F)(F)F)ccc2C)N1C(=O)Cn1cc(C(C)O)c2cc(-c3cnc4cc(C)nn4c3)cc(C)c21. The minimum atomic E-state index is -4.70. The van der Waals surface area contributed by atoms with Gasteiger partial charge in [0.15, 0.2) is 5.65 Å². The summed E-state index contributed by atoms with van der Waals surface area (Å²) >= 11 is 0. The number of halogens is 3. The van der Waals surface area contributed by atoms with Gasteiger partial charge in [0, 0.05) is 41.2 Å². The highest BCUT2D eigenvalue weighted by Crippen LogP contribution is 2.36. The molecular formula is C35H34F3N7O3. The van der Waals surface area contributed by atoms with Crippen LogP contribution in [-0.2, 0) is 22.3 Å². The molecule has 2 N–H and O–H groups in total. The predicted molar refractivity (Wildman–Crippen MR) is 174 cm³/mol. The smallest absolute Gasteiger partial charge is 0.389 e. The van der Waals surface area contributed by atoms with Crippen molar-refractivity contribution in [2.75, 3.05) is 5.32 Å². The maximum atomic E-state index is 14.1. The number of hydrogen-bond acceptors (Lipinski definition) is 6. The molecule has 248 valence electrons. The molecule has 48 heavy (non-hydrogen) atoms. The number of aliphatic hydroxyl groups is 1. The number of fused-ring (bicyclic) bond motifs is 2. The molecule has 1 unspecified atom stereocenters. The number of terminal acetylenes is 1. The van der Waals surface area contributed by atoms with E-state index in [9.17, 15) is 27.9 Å². The number of carbonyl (C=O) groups is 2. The van der Waals surface area contributed by atoms with Gasteiger partial charge in [-0.15, -0.1) is 6.42 Å². The lowest BCUT2D eigenvalue weighted by molar-refractivity contribution is -0.141. The quantitative estimate of drug-likeness (QED) is 0.229. The highest BCUT2D eigenvalue weighted by molar-refractivity contribution is 5.98. The van der Waals surface area contributed by atoms with Crippen LogP contribution in [0.25, 0.3) is 27.7 Å². The Balaban J connectivity index is 1.33. The van der Waals surface area contributed by atoms with Crippen molar-refractivity contribution in [1.29, 1.82) is 0 Å². The molecular weight excluding hydrogens is 623 g/mol. The van der Waals surface area contributed by atoms with Crippen molar-refractivity contribution in [3.05, 3.63) is 77.0 Å². The van der Waals surface area contributed by atoms with E-state index in [0.29, 0.717) is 11.1 Å². The highest BCUT2D eigenvalue weighted by atomic mass is 19.4. The molecule has 0 bridgehead atoms. The van der Waals surface area contributed by atoms with E-state index in [1.807, 2.05) is 45.2 Å². The molecule has 10 nitrogen and oxygen atoms in total. The van der Waals surface area contributed by atoms with Crippen molar-refractivity contribution in [2.45, 2.75) is 71.9 Å². The Labute approximate surface area is 274 Å². The normalized spacial score (nSPS) is 18.8. The summed E-state index contributed by atoms with van der Waals surface area (Å²) in [6.45, 7) is 8.60. The van der Waals surface area contributed by atoms with Crippen LogP contribution in [0.15, 0.2) is 48.9 Å². The number of benzene rings is 1. The second-order valence-corrected chi connectivity index (χ2v) is 12.5. The van der Waals surface area contributed by atoms with Gasteiger partial charge in [-0.3, -0.25) is 9.59 Å². The number of aliphatic hydroxyl groups excluding tert-OH is 1. The van der Waals surface area contributed by atoms with Gasteiger partial charge in [-0.1, -0.05) is 18.9 Å². The Hall–Kier alpha value is -5.22. The molecule has 1 fully saturated rings. The fraction of sp³-hybridized carbons (Fsp3) is 0.343. The summed E-state index contributed by atoms with van der Waals surface area (Å²) in [6.07, 6.45) is 5.88. The fourth-order valence-corrected chi connectivity index (χ4v) is 6.56. The highest BCUT2D eigenvalue weighted by Gasteiger charge is 2.45. The maximum absolute atomic E-state index is 14.1. The molecule has 6 rings (SSSR count). The standard InChI is InChI=1S/C35H34F3N7O3/c1-7-27-19(3)11-28(34(48)41-33-18(2)8-9-29(40-33)35(36,37)38)45(27)31(47)17-43-16-26(22(6)46)25-13-23(10-20(4)32(25)43)24-14-39-30-12-21(5)42-44(30)15-24/h1,8-10,12-16,19,22,27-28,46H,11,17H2,2-6H3,(H,40,41,48)/t19-,22?,27+,28-/m0/s1. The van der Waals surface area contributed by atoms with Crippen molar-refractivity contribution in [3.8, 4) is 23.5 Å². The molecule has 0 spiro atoms. The van der Waals surface area contributed by atoms with E-state index in [0.717, 1.165) is 45.0 Å². The van der Waals surface area contributed by atoms with E-state index in [-0.39, 0.29) is 24.7 Å². The Kier molecular flexibility index (Phi) is 8.25. The first-order valence-corrected chi connectivity index (χ1v) is 15.4. The average molecular weight is 658 g/mol. The summed E-state index contributed by atoms with van der Waals surface area (Å²) in [5.74, 6) is 1.01. The van der Waals surface area contributed by atoms with Crippen LogP contribution in [0.5, 0.6) is 0 Å². The number of amides is 2. The number of likely N-dealkylation sites (tertiary alicyclic amines) is 1. The third kappa shape index (κ3) is 5.88. The number of alkyl halides is 3. The van der Waals surface area contributed by atoms with Gasteiger partial charge in [0.1, 0.15) is 24.1 Å². The monoisotopic (exact) mass is 657 g/mol. The number of nitrogens with zero attached hydrogens (tertiary/aromatic N) is 6. The number of aryl methyl sites for hydroxylation is 3. The summed E-state index contributed by atoms with van der Waals surface area (Å²) in [4.78, 5) is 37.1. The molecule has 4 atom stereocenters. The van der Waals surface area contributed by atoms with Crippen molar-refractivity contribution in [3.63, 3.8) is 0 Å². The second kappa shape index (κ2) is 12.1. The van der Waals surface area contributed by atoms with Gasteiger partial charge in [0.2, 0.25) is 11.8 Å². The molecule has 0 saturated carbocycles. The minimum absolute atomic E-state index is 0.195. The Morgan fingerprint density at radius 1 is 1.12 bits per heavy atom. The first-order valence-electron chi connectivity index (χ1n) is 15.4. The zero-order chi connectivity index (χ0) is 34.7. The molecule has 1 saturated heterocycles. The average Bonchev–Trinajstić information content (AvgIpc) is 3.69. The summed E-state index contributed by atoms with van der Waals surface area (Å²) < 4.78 is 43.5. The van der Waals surface area contributed by atoms with Gasteiger partial charge in [0.25, 0.3) is 0 Å². The van der Waals surface area contributed by atoms with Crippen LogP contribution < -0.4 is 5.32 Å². The lowest BCUT2D eigenvalue weighted by atomic mass is 10.00. The minimum Gasteiger partial charge on any atom is -0.389 e. The molecule has 13 heteroatoms. The number of carbonyl (C=O) groups excluding carboxylic acids is 2. The Morgan fingerprint density at radius 2 is 1.88 bits per heavy atom. The van der Waals surface area contributed by atoms with E-state index in [2.05, 4.69) is 26.3 Å². The Morgan fingerprint density at radius 3 is 2.56 bits per heavy atom. The Bertz CT molecular complexity index is 2130. The fourth-order valence-electron chi connectivity index (χ4n) is 6.56. The molecule has 0 aliphatic carbocycles. The lowest BCUT2D eigenvalue weighted by Gasteiger charge is -2.28. The summed E-state index contributed by atoms with van der Waals surface area (Å²) in [5, 5.41) is 18.5. The topological polar surface area (TPSA) is 118 Å². The van der Waals surface area contributed by atoms with Crippen molar-refractivity contribution < 1.29 is 27.9 Å². The molecule has 0 radical (unpaired) electrons. The van der Waals surface area contributed by atoms with E-state index in [4.69, 9.17) is 6.42 Å². The lowest BCUT2D eigenvalue weighted by Crippen LogP contribution is -2.48. The van der Waals surface area contributed by atoms with Crippen LogP contribution >= 0.6 is 0 Å². The van der Waals surface area contributed by atoms with Crippen LogP contribution in [0.3, 0.4) is 0 Å². The maximum Gasteiger partial charge on any atom is 0.433 e. The number of hydrogen-bond donors (Lipinski definition) is 2. The van der Waals surface area contributed by atoms with E-state index in [1.165, 1.54) is 17.9 Å². The van der Waals surface area contributed by atoms with Gasteiger partial charge >= 0.3 is 6.18 Å². The predicted octanol–water partition coefficient (Wildman–Crippen LogP) is 5.62. The molecule has 4 aromatic heterocycles. The largest absolute Gasteiger partial charge is 0.433 e. The van der Waals surface area contributed by atoms with Crippen molar-refractivity contribution in [1.82, 2.24) is 29.0 Å². The zero-order valence-corrected chi connectivity index (χ0v) is 27.0. The van der Waals surface area contributed by atoms with E-state index >= 15 is 0 Å². The number of rotatable bonds is 6. The zero-order valence-electron chi connectivity index (χ0n) is 27.0. The van der Waals surface area contributed by atoms with E-state index < -0.39 is 41.9 Å². The van der Waals surface area contributed by atoms with Gasteiger partial charge in [-0.05, 0) is 74.9 Å².